The predicted octanol–water partition coefficient (Wildman–Crippen LogP) is 2.41. The molecule has 0 aromatic carbocycles. The van der Waals surface area contributed by atoms with Crippen LogP contribution in [0.15, 0.2) is 0 Å². The second-order valence-electron chi connectivity index (χ2n) is 4.72. The van der Waals surface area contributed by atoms with Gasteiger partial charge in [0.15, 0.2) is 0 Å². The van der Waals surface area contributed by atoms with Crippen molar-refractivity contribution in [3.8, 4) is 0 Å². The van der Waals surface area contributed by atoms with Gasteiger partial charge in [0.05, 0.1) is 0 Å². The van der Waals surface area contributed by atoms with Gasteiger partial charge in [0.1, 0.15) is 0 Å². The fraction of sp³-hybridized carbons (Fsp3) is 1.00. The quantitative estimate of drug-likeness (QED) is 0.709. The molecule has 0 saturated carbocycles. The van der Waals surface area contributed by atoms with E-state index >= 15 is 0 Å². The molecule has 1 N–H and O–H groups in total. The second kappa shape index (κ2) is 4.97. The van der Waals surface area contributed by atoms with E-state index < -0.39 is 0 Å². The van der Waals surface area contributed by atoms with E-state index in [2.05, 4.69) is 38.1 Å². The molecule has 1 rings (SSSR count). The lowest BCUT2D eigenvalue weighted by molar-refractivity contribution is 0.0649. The van der Waals surface area contributed by atoms with Gasteiger partial charge in [-0.3, -0.25) is 5.43 Å². The van der Waals surface area contributed by atoms with Gasteiger partial charge in [0.2, 0.25) is 0 Å². The van der Waals surface area contributed by atoms with E-state index in [1.165, 1.54) is 19.3 Å². The Morgan fingerprint density at radius 1 is 1.15 bits per heavy atom. The van der Waals surface area contributed by atoms with Crippen LogP contribution in [0.2, 0.25) is 0 Å². The number of nitrogens with one attached hydrogen (secondary N) is 1. The number of nitrogens with zero attached hydrogens (tertiary/aromatic N) is 1. The molecule has 0 aliphatic carbocycles. The topological polar surface area (TPSA) is 15.3 Å². The second-order valence-corrected chi connectivity index (χ2v) is 4.72. The average molecular weight is 184 g/mol. The first-order chi connectivity index (χ1) is 6.13. The van der Waals surface area contributed by atoms with Crippen LogP contribution < -0.4 is 5.43 Å². The minimum absolute atomic E-state index is 0.616. The van der Waals surface area contributed by atoms with Gasteiger partial charge >= 0.3 is 0 Å². The van der Waals surface area contributed by atoms with Crippen LogP contribution in [0.3, 0.4) is 0 Å². The van der Waals surface area contributed by atoms with Crippen LogP contribution in [0.25, 0.3) is 0 Å². The van der Waals surface area contributed by atoms with Crippen LogP contribution in [0.1, 0.15) is 47.0 Å². The van der Waals surface area contributed by atoms with E-state index in [0.29, 0.717) is 6.04 Å². The molecule has 1 atom stereocenters. The Balaban J connectivity index is 2.61. The molecule has 1 aliphatic rings. The summed E-state index contributed by atoms with van der Waals surface area (Å²) in [6.07, 6.45) is 4.05. The number of hydrazine groups is 1. The fourth-order valence-corrected chi connectivity index (χ4v) is 2.16. The number of rotatable bonds is 2. The molecule has 2 heteroatoms. The van der Waals surface area contributed by atoms with Crippen LogP contribution in [0.4, 0.5) is 0 Å². The van der Waals surface area contributed by atoms with Gasteiger partial charge in [-0.1, -0.05) is 20.3 Å². The van der Waals surface area contributed by atoms with Crippen molar-refractivity contribution in [2.75, 3.05) is 6.54 Å². The molecular weight excluding hydrogens is 160 g/mol. The molecule has 1 heterocycles. The summed E-state index contributed by atoms with van der Waals surface area (Å²) in [4.78, 5) is 0. The Hall–Kier alpha value is -0.0800. The van der Waals surface area contributed by atoms with Crippen molar-refractivity contribution in [3.63, 3.8) is 0 Å². The molecule has 2 nitrogen and oxygen atoms in total. The SMILES string of the molecule is CC(C)C1CCCCNN1C(C)C. The fourth-order valence-electron chi connectivity index (χ4n) is 2.16. The van der Waals surface area contributed by atoms with Crippen LogP contribution in [-0.2, 0) is 0 Å². The molecule has 0 spiro atoms. The Kier molecular flexibility index (Phi) is 4.20. The summed E-state index contributed by atoms with van der Waals surface area (Å²) >= 11 is 0. The van der Waals surface area contributed by atoms with Crippen molar-refractivity contribution in [3.05, 3.63) is 0 Å². The molecular formula is C11H24N2. The van der Waals surface area contributed by atoms with Crippen LogP contribution >= 0.6 is 0 Å². The van der Waals surface area contributed by atoms with Crippen LogP contribution in [0.5, 0.6) is 0 Å². The third-order valence-corrected chi connectivity index (χ3v) is 2.90. The van der Waals surface area contributed by atoms with Crippen LogP contribution in [-0.4, -0.2) is 23.6 Å². The van der Waals surface area contributed by atoms with Crippen molar-refractivity contribution < 1.29 is 0 Å². The van der Waals surface area contributed by atoms with Crippen molar-refractivity contribution in [2.45, 2.75) is 59.0 Å². The molecule has 0 aromatic rings. The van der Waals surface area contributed by atoms with E-state index in [0.717, 1.165) is 18.5 Å². The van der Waals surface area contributed by atoms with Gasteiger partial charge in [-0.15, -0.1) is 0 Å². The summed E-state index contributed by atoms with van der Waals surface area (Å²) in [6.45, 7) is 10.4. The van der Waals surface area contributed by atoms with E-state index in [9.17, 15) is 0 Å². The molecule has 1 fully saturated rings. The monoisotopic (exact) mass is 184 g/mol. The highest BCUT2D eigenvalue weighted by Gasteiger charge is 2.25. The summed E-state index contributed by atoms with van der Waals surface area (Å²) < 4.78 is 0. The van der Waals surface area contributed by atoms with Gasteiger partial charge in [0, 0.05) is 18.6 Å². The molecule has 0 bridgehead atoms. The maximum Gasteiger partial charge on any atom is 0.0269 e. The summed E-state index contributed by atoms with van der Waals surface area (Å²) in [6, 6.07) is 1.34. The number of hydrogen-bond donors (Lipinski definition) is 1. The zero-order valence-corrected chi connectivity index (χ0v) is 9.51. The molecule has 1 aliphatic heterocycles. The third kappa shape index (κ3) is 2.96. The molecule has 1 saturated heterocycles. The van der Waals surface area contributed by atoms with Gasteiger partial charge in [-0.05, 0) is 32.6 Å². The Bertz CT molecular complexity index is 127. The van der Waals surface area contributed by atoms with Crippen molar-refractivity contribution in [1.29, 1.82) is 0 Å². The molecule has 78 valence electrons. The third-order valence-electron chi connectivity index (χ3n) is 2.90. The Morgan fingerprint density at radius 2 is 1.85 bits per heavy atom. The lowest BCUT2D eigenvalue weighted by Gasteiger charge is -2.36. The smallest absolute Gasteiger partial charge is 0.0269 e. The molecule has 0 amide bonds. The lowest BCUT2D eigenvalue weighted by atomic mass is 9.97. The van der Waals surface area contributed by atoms with Gasteiger partial charge < -0.3 is 0 Å². The average Bonchev–Trinajstić information content (AvgIpc) is 2.27. The normalized spacial score (nSPS) is 26.8. The van der Waals surface area contributed by atoms with E-state index in [-0.39, 0.29) is 0 Å². The summed E-state index contributed by atoms with van der Waals surface area (Å²) in [5, 5.41) is 2.46. The summed E-state index contributed by atoms with van der Waals surface area (Å²) in [5.74, 6) is 0.757. The van der Waals surface area contributed by atoms with E-state index in [1.807, 2.05) is 0 Å². The van der Waals surface area contributed by atoms with Crippen molar-refractivity contribution in [2.24, 2.45) is 5.92 Å². The van der Waals surface area contributed by atoms with Gasteiger partial charge in [-0.2, -0.15) is 0 Å². The van der Waals surface area contributed by atoms with E-state index in [4.69, 9.17) is 0 Å². The zero-order chi connectivity index (χ0) is 9.84. The standard InChI is InChI=1S/C11H24N2/c1-9(2)11-7-5-6-8-12-13(11)10(3)4/h9-12H,5-8H2,1-4H3. The van der Waals surface area contributed by atoms with Crippen molar-refractivity contribution >= 4 is 0 Å². The Labute approximate surface area is 82.7 Å². The van der Waals surface area contributed by atoms with Gasteiger partial charge in [0.25, 0.3) is 0 Å². The maximum absolute atomic E-state index is 3.55. The largest absolute Gasteiger partial charge is 0.255 e. The highest BCUT2D eigenvalue weighted by Crippen LogP contribution is 2.20. The highest BCUT2D eigenvalue weighted by molar-refractivity contribution is 4.77. The summed E-state index contributed by atoms with van der Waals surface area (Å²) in [7, 11) is 0. The molecule has 0 radical (unpaired) electrons. The van der Waals surface area contributed by atoms with Crippen LogP contribution in [0, 0.1) is 5.92 Å². The molecule has 13 heavy (non-hydrogen) atoms. The first-order valence-corrected chi connectivity index (χ1v) is 5.64. The van der Waals surface area contributed by atoms with Gasteiger partial charge in [-0.25, -0.2) is 5.01 Å². The zero-order valence-electron chi connectivity index (χ0n) is 9.51. The van der Waals surface area contributed by atoms with E-state index in [1.54, 1.807) is 0 Å². The van der Waals surface area contributed by atoms with Crippen molar-refractivity contribution in [1.82, 2.24) is 10.4 Å². The first kappa shape index (κ1) is 11.0. The Morgan fingerprint density at radius 3 is 2.38 bits per heavy atom. The minimum Gasteiger partial charge on any atom is -0.255 e. The predicted molar refractivity (Wildman–Crippen MR) is 57.5 cm³/mol. The minimum atomic E-state index is 0.616. The maximum atomic E-state index is 3.55. The highest BCUT2D eigenvalue weighted by atomic mass is 15.5. The number of hydrogen-bond acceptors (Lipinski definition) is 2. The lowest BCUT2D eigenvalue weighted by Crippen LogP contribution is -2.50. The first-order valence-electron chi connectivity index (χ1n) is 5.64. The summed E-state index contributed by atoms with van der Waals surface area (Å²) in [5.41, 5.74) is 3.55. The molecule has 1 unspecified atom stereocenters. The molecule has 0 aromatic heterocycles.